The van der Waals surface area contributed by atoms with Crippen LogP contribution < -0.4 is 5.73 Å². The molecule has 1 aromatic carbocycles. The molecule has 5 heteroatoms. The van der Waals surface area contributed by atoms with E-state index in [4.69, 9.17) is 10.7 Å². The molecule has 0 fully saturated rings. The van der Waals surface area contributed by atoms with Gasteiger partial charge in [0, 0.05) is 36.3 Å². The lowest BCUT2D eigenvalue weighted by atomic mass is 10.1. The van der Waals surface area contributed by atoms with E-state index in [1.807, 2.05) is 37.0 Å². The first-order chi connectivity index (χ1) is 9.67. The quantitative estimate of drug-likeness (QED) is 0.804. The van der Waals surface area contributed by atoms with E-state index in [1.165, 1.54) is 0 Å². The first kappa shape index (κ1) is 13.0. The van der Waals surface area contributed by atoms with E-state index >= 15 is 0 Å². The molecule has 2 aromatic heterocycles. The summed E-state index contributed by atoms with van der Waals surface area (Å²) in [5.41, 5.74) is 11.0. The predicted octanol–water partition coefficient (Wildman–Crippen LogP) is 2.98. The third kappa shape index (κ3) is 2.37. The lowest BCUT2D eigenvalue weighted by molar-refractivity contribution is 0.756. The molecule has 20 heavy (non-hydrogen) atoms. The minimum absolute atomic E-state index is 0.568. The second-order valence-electron chi connectivity index (χ2n) is 4.74. The van der Waals surface area contributed by atoms with Crippen LogP contribution in [0, 0.1) is 6.92 Å². The van der Waals surface area contributed by atoms with Crippen LogP contribution in [0.3, 0.4) is 0 Å². The standard InChI is InChI=1S/C15H16N4S/c1-10-13(8-19(2)18-10)14-9-20-15(17-14)12-5-3-11(7-16)4-6-12/h3-6,8-9H,7,16H2,1-2H3. The van der Waals surface area contributed by atoms with Gasteiger partial charge in [-0.1, -0.05) is 24.3 Å². The van der Waals surface area contributed by atoms with Gasteiger partial charge >= 0.3 is 0 Å². The van der Waals surface area contributed by atoms with Crippen LogP contribution >= 0.6 is 11.3 Å². The molecule has 0 saturated heterocycles. The van der Waals surface area contributed by atoms with Crippen LogP contribution in [0.5, 0.6) is 0 Å². The zero-order chi connectivity index (χ0) is 14.1. The summed E-state index contributed by atoms with van der Waals surface area (Å²) in [5.74, 6) is 0. The number of nitrogens with zero attached hydrogens (tertiary/aromatic N) is 3. The van der Waals surface area contributed by atoms with Crippen LogP contribution in [0.4, 0.5) is 0 Å². The summed E-state index contributed by atoms with van der Waals surface area (Å²) < 4.78 is 1.82. The average molecular weight is 284 g/mol. The van der Waals surface area contributed by atoms with E-state index in [-0.39, 0.29) is 0 Å². The molecular weight excluding hydrogens is 268 g/mol. The van der Waals surface area contributed by atoms with Crippen molar-refractivity contribution in [1.29, 1.82) is 0 Å². The van der Waals surface area contributed by atoms with Crippen molar-refractivity contribution in [2.24, 2.45) is 12.8 Å². The van der Waals surface area contributed by atoms with Gasteiger partial charge in [0.15, 0.2) is 0 Å². The van der Waals surface area contributed by atoms with Crippen molar-refractivity contribution in [2.45, 2.75) is 13.5 Å². The third-order valence-electron chi connectivity index (χ3n) is 3.23. The molecule has 0 aliphatic carbocycles. The van der Waals surface area contributed by atoms with Gasteiger partial charge in [0.25, 0.3) is 0 Å². The second kappa shape index (κ2) is 5.19. The summed E-state index contributed by atoms with van der Waals surface area (Å²) in [4.78, 5) is 4.71. The third-order valence-corrected chi connectivity index (χ3v) is 4.12. The zero-order valence-corrected chi connectivity index (χ0v) is 12.3. The van der Waals surface area contributed by atoms with Gasteiger partial charge in [0.2, 0.25) is 0 Å². The van der Waals surface area contributed by atoms with Gasteiger partial charge in [0.1, 0.15) is 5.01 Å². The number of nitrogens with two attached hydrogens (primary N) is 1. The number of hydrogen-bond acceptors (Lipinski definition) is 4. The van der Waals surface area contributed by atoms with Crippen molar-refractivity contribution >= 4 is 11.3 Å². The SMILES string of the molecule is Cc1nn(C)cc1-c1csc(-c2ccc(CN)cc2)n1. The Morgan fingerprint density at radius 3 is 2.60 bits per heavy atom. The minimum atomic E-state index is 0.568. The van der Waals surface area contributed by atoms with Crippen molar-refractivity contribution < 1.29 is 0 Å². The van der Waals surface area contributed by atoms with E-state index in [9.17, 15) is 0 Å². The Bertz CT molecular complexity index is 725. The fraction of sp³-hybridized carbons (Fsp3) is 0.200. The van der Waals surface area contributed by atoms with Crippen LogP contribution in [-0.2, 0) is 13.6 Å². The predicted molar refractivity (Wildman–Crippen MR) is 82.4 cm³/mol. The van der Waals surface area contributed by atoms with Crippen molar-refractivity contribution in [3.63, 3.8) is 0 Å². The number of hydrogen-bond donors (Lipinski definition) is 1. The summed E-state index contributed by atoms with van der Waals surface area (Å²) in [5, 5.41) is 7.46. The normalized spacial score (nSPS) is 10.9. The number of aryl methyl sites for hydroxylation is 2. The van der Waals surface area contributed by atoms with Gasteiger partial charge in [-0.2, -0.15) is 5.10 Å². The number of benzene rings is 1. The van der Waals surface area contributed by atoms with Gasteiger partial charge < -0.3 is 5.73 Å². The molecule has 0 bridgehead atoms. The molecule has 0 spiro atoms. The smallest absolute Gasteiger partial charge is 0.124 e. The molecule has 0 radical (unpaired) electrons. The first-order valence-electron chi connectivity index (χ1n) is 6.43. The lowest BCUT2D eigenvalue weighted by Gasteiger charge is -1.99. The highest BCUT2D eigenvalue weighted by atomic mass is 32.1. The minimum Gasteiger partial charge on any atom is -0.326 e. The molecule has 0 aliphatic rings. The molecule has 3 aromatic rings. The summed E-state index contributed by atoms with van der Waals surface area (Å²) in [6, 6.07) is 8.24. The Morgan fingerprint density at radius 2 is 2.00 bits per heavy atom. The first-order valence-corrected chi connectivity index (χ1v) is 7.31. The van der Waals surface area contributed by atoms with E-state index in [0.29, 0.717) is 6.54 Å². The van der Waals surface area contributed by atoms with Crippen LogP contribution in [-0.4, -0.2) is 14.8 Å². The fourth-order valence-corrected chi connectivity index (χ4v) is 2.99. The Labute approximate surface area is 121 Å². The molecule has 3 rings (SSSR count). The highest BCUT2D eigenvalue weighted by Crippen LogP contribution is 2.30. The lowest BCUT2D eigenvalue weighted by Crippen LogP contribution is -1.95. The molecule has 0 saturated carbocycles. The van der Waals surface area contributed by atoms with Crippen LogP contribution in [0.25, 0.3) is 21.8 Å². The summed E-state index contributed by atoms with van der Waals surface area (Å²) in [6.07, 6.45) is 2.01. The molecule has 102 valence electrons. The molecular formula is C15H16N4S. The molecule has 2 heterocycles. The van der Waals surface area contributed by atoms with Crippen LogP contribution in [0.15, 0.2) is 35.8 Å². The van der Waals surface area contributed by atoms with E-state index < -0.39 is 0 Å². The Balaban J connectivity index is 1.95. The number of thiazole rings is 1. The van der Waals surface area contributed by atoms with Gasteiger partial charge in [0.05, 0.1) is 11.4 Å². The highest BCUT2D eigenvalue weighted by molar-refractivity contribution is 7.13. The number of rotatable bonds is 3. The summed E-state index contributed by atoms with van der Waals surface area (Å²) >= 11 is 1.65. The highest BCUT2D eigenvalue weighted by Gasteiger charge is 2.11. The summed E-state index contributed by atoms with van der Waals surface area (Å²) in [6.45, 7) is 2.57. The van der Waals surface area contributed by atoms with Gasteiger partial charge in [-0.25, -0.2) is 4.98 Å². The Kier molecular flexibility index (Phi) is 3.38. The van der Waals surface area contributed by atoms with Crippen molar-refractivity contribution in [1.82, 2.24) is 14.8 Å². The van der Waals surface area contributed by atoms with E-state index in [0.717, 1.165) is 33.1 Å². The molecule has 0 aliphatic heterocycles. The maximum absolute atomic E-state index is 5.62. The van der Waals surface area contributed by atoms with Crippen LogP contribution in [0.1, 0.15) is 11.3 Å². The molecule has 0 amide bonds. The van der Waals surface area contributed by atoms with Crippen molar-refractivity contribution in [2.75, 3.05) is 0 Å². The maximum atomic E-state index is 5.62. The van der Waals surface area contributed by atoms with Gasteiger partial charge in [-0.3, -0.25) is 4.68 Å². The van der Waals surface area contributed by atoms with E-state index in [1.54, 1.807) is 11.3 Å². The Hall–Kier alpha value is -1.98. The van der Waals surface area contributed by atoms with E-state index in [2.05, 4.69) is 22.6 Å². The fourth-order valence-electron chi connectivity index (χ4n) is 2.16. The second-order valence-corrected chi connectivity index (χ2v) is 5.60. The largest absolute Gasteiger partial charge is 0.326 e. The molecule has 0 atom stereocenters. The zero-order valence-electron chi connectivity index (χ0n) is 11.5. The summed E-state index contributed by atoms with van der Waals surface area (Å²) in [7, 11) is 1.93. The van der Waals surface area contributed by atoms with Gasteiger partial charge in [-0.15, -0.1) is 11.3 Å². The topological polar surface area (TPSA) is 56.7 Å². The average Bonchev–Trinajstić information content (AvgIpc) is 3.05. The molecule has 2 N–H and O–H groups in total. The molecule has 4 nitrogen and oxygen atoms in total. The molecule has 0 unspecified atom stereocenters. The maximum Gasteiger partial charge on any atom is 0.124 e. The number of aromatic nitrogens is 3. The van der Waals surface area contributed by atoms with Crippen molar-refractivity contribution in [3.8, 4) is 21.8 Å². The van der Waals surface area contributed by atoms with Gasteiger partial charge in [-0.05, 0) is 12.5 Å². The monoisotopic (exact) mass is 284 g/mol. The van der Waals surface area contributed by atoms with Crippen molar-refractivity contribution in [3.05, 3.63) is 47.1 Å². The van der Waals surface area contributed by atoms with Crippen LogP contribution in [0.2, 0.25) is 0 Å². The Morgan fingerprint density at radius 1 is 1.25 bits per heavy atom.